The minimum atomic E-state index is -0.250. The summed E-state index contributed by atoms with van der Waals surface area (Å²) in [5.74, 6) is -0.492. The number of hydrogen-bond acceptors (Lipinski definition) is 2. The number of thiophene rings is 1. The second kappa shape index (κ2) is 5.31. The van der Waals surface area contributed by atoms with E-state index < -0.39 is 0 Å². The Labute approximate surface area is 119 Å². The molecule has 0 aliphatic carbocycles. The number of benzene rings is 2. The van der Waals surface area contributed by atoms with Crippen molar-refractivity contribution < 1.29 is 8.78 Å². The highest BCUT2D eigenvalue weighted by atomic mass is 32.1. The summed E-state index contributed by atoms with van der Waals surface area (Å²) in [6, 6.07) is 12.8. The van der Waals surface area contributed by atoms with Crippen LogP contribution in [0.5, 0.6) is 0 Å². The van der Waals surface area contributed by atoms with E-state index in [1.165, 1.54) is 24.3 Å². The molecule has 2 aromatic carbocycles. The van der Waals surface area contributed by atoms with Crippen molar-refractivity contribution >= 4 is 21.4 Å². The van der Waals surface area contributed by atoms with E-state index in [4.69, 9.17) is 5.73 Å². The molecule has 3 aromatic rings. The summed E-state index contributed by atoms with van der Waals surface area (Å²) in [4.78, 5) is 1.01. The zero-order valence-corrected chi connectivity index (χ0v) is 11.5. The Bertz CT molecular complexity index is 734. The molecule has 0 fully saturated rings. The Morgan fingerprint density at radius 1 is 0.950 bits per heavy atom. The molecule has 102 valence electrons. The summed E-state index contributed by atoms with van der Waals surface area (Å²) in [5.41, 5.74) is 7.18. The van der Waals surface area contributed by atoms with E-state index in [9.17, 15) is 8.78 Å². The molecule has 0 radical (unpaired) electrons. The minimum Gasteiger partial charge on any atom is -0.323 e. The number of nitrogens with two attached hydrogens (primary N) is 1. The van der Waals surface area contributed by atoms with E-state index in [1.807, 2.05) is 6.07 Å². The van der Waals surface area contributed by atoms with Crippen LogP contribution in [-0.2, 0) is 6.42 Å². The highest BCUT2D eigenvalue weighted by Crippen LogP contribution is 2.30. The average molecular weight is 289 g/mol. The monoisotopic (exact) mass is 289 g/mol. The van der Waals surface area contributed by atoms with Crippen LogP contribution in [0.2, 0.25) is 0 Å². The Kier molecular flexibility index (Phi) is 3.51. The molecule has 0 bridgehead atoms. The highest BCUT2D eigenvalue weighted by molar-refractivity contribution is 7.19. The van der Waals surface area contributed by atoms with Crippen LogP contribution in [0.3, 0.4) is 0 Å². The Hall–Kier alpha value is -1.78. The Morgan fingerprint density at radius 2 is 1.65 bits per heavy atom. The number of fused-ring (bicyclic) bond motifs is 1. The molecule has 1 heterocycles. The normalized spacial score (nSPS) is 12.8. The fraction of sp³-hybridized carbons (Fsp3) is 0.125. The van der Waals surface area contributed by atoms with Gasteiger partial charge in [0.2, 0.25) is 0 Å². The molecule has 0 aliphatic heterocycles. The van der Waals surface area contributed by atoms with E-state index >= 15 is 0 Å². The molecule has 0 spiro atoms. The smallest absolute Gasteiger partial charge is 0.123 e. The molecule has 3 rings (SSSR count). The quantitative estimate of drug-likeness (QED) is 0.758. The fourth-order valence-electron chi connectivity index (χ4n) is 2.19. The van der Waals surface area contributed by atoms with Crippen molar-refractivity contribution in [2.75, 3.05) is 0 Å². The Morgan fingerprint density at radius 3 is 2.40 bits per heavy atom. The molecule has 1 aromatic heterocycles. The van der Waals surface area contributed by atoms with Gasteiger partial charge in [0, 0.05) is 15.6 Å². The third-order valence-corrected chi connectivity index (χ3v) is 4.48. The van der Waals surface area contributed by atoms with Gasteiger partial charge in [-0.15, -0.1) is 11.3 Å². The van der Waals surface area contributed by atoms with Gasteiger partial charge in [0.05, 0.1) is 0 Å². The molecule has 20 heavy (non-hydrogen) atoms. The van der Waals surface area contributed by atoms with Crippen LogP contribution in [-0.4, -0.2) is 0 Å². The third-order valence-electron chi connectivity index (χ3n) is 3.23. The van der Waals surface area contributed by atoms with Crippen molar-refractivity contribution in [3.63, 3.8) is 0 Å². The maximum absolute atomic E-state index is 13.2. The first-order valence-corrected chi connectivity index (χ1v) is 7.12. The lowest BCUT2D eigenvalue weighted by Gasteiger charge is -2.09. The average Bonchev–Trinajstić information content (AvgIpc) is 2.84. The van der Waals surface area contributed by atoms with Crippen LogP contribution in [0.15, 0.2) is 48.5 Å². The van der Waals surface area contributed by atoms with Gasteiger partial charge in [-0.25, -0.2) is 8.78 Å². The molecule has 1 atom stereocenters. The highest BCUT2D eigenvalue weighted by Gasteiger charge is 2.11. The van der Waals surface area contributed by atoms with Crippen molar-refractivity contribution in [2.24, 2.45) is 5.73 Å². The lowest BCUT2D eigenvalue weighted by atomic mass is 10.1. The standard InChI is InChI=1S/C16H13F2NS/c17-12-3-1-10(2-4-12)7-14(19)16-9-11-8-13(18)5-6-15(11)20-16/h1-6,8-9,14H,7,19H2. The predicted molar refractivity (Wildman–Crippen MR) is 78.8 cm³/mol. The zero-order valence-electron chi connectivity index (χ0n) is 10.6. The van der Waals surface area contributed by atoms with Crippen molar-refractivity contribution in [1.82, 2.24) is 0 Å². The van der Waals surface area contributed by atoms with Crippen LogP contribution >= 0.6 is 11.3 Å². The largest absolute Gasteiger partial charge is 0.323 e. The second-order valence-electron chi connectivity index (χ2n) is 4.77. The summed E-state index contributed by atoms with van der Waals surface area (Å²) >= 11 is 1.57. The van der Waals surface area contributed by atoms with Gasteiger partial charge >= 0.3 is 0 Å². The van der Waals surface area contributed by atoms with Crippen molar-refractivity contribution in [3.8, 4) is 0 Å². The van der Waals surface area contributed by atoms with E-state index in [1.54, 1.807) is 29.5 Å². The number of halogens is 2. The Balaban J connectivity index is 1.84. The van der Waals surface area contributed by atoms with Crippen LogP contribution in [0.25, 0.3) is 10.1 Å². The first-order valence-electron chi connectivity index (χ1n) is 6.31. The van der Waals surface area contributed by atoms with Gasteiger partial charge < -0.3 is 5.73 Å². The lowest BCUT2D eigenvalue weighted by molar-refractivity contribution is 0.626. The van der Waals surface area contributed by atoms with Crippen LogP contribution in [0, 0.1) is 11.6 Å². The van der Waals surface area contributed by atoms with E-state index in [-0.39, 0.29) is 17.7 Å². The van der Waals surface area contributed by atoms with Gasteiger partial charge in [0.25, 0.3) is 0 Å². The molecule has 0 amide bonds. The van der Waals surface area contributed by atoms with Crippen LogP contribution in [0.1, 0.15) is 16.5 Å². The van der Waals surface area contributed by atoms with Crippen molar-refractivity contribution in [1.29, 1.82) is 0 Å². The summed E-state index contributed by atoms with van der Waals surface area (Å²) in [6.07, 6.45) is 0.635. The van der Waals surface area contributed by atoms with Crippen molar-refractivity contribution in [3.05, 3.63) is 70.6 Å². The van der Waals surface area contributed by atoms with Gasteiger partial charge in [0.1, 0.15) is 11.6 Å². The molecule has 4 heteroatoms. The van der Waals surface area contributed by atoms with E-state index in [0.717, 1.165) is 20.5 Å². The first-order chi connectivity index (χ1) is 9.61. The van der Waals surface area contributed by atoms with Crippen LogP contribution < -0.4 is 5.73 Å². The summed E-state index contributed by atoms with van der Waals surface area (Å²) in [6.45, 7) is 0. The molecular formula is C16H13F2NS. The predicted octanol–water partition coefficient (Wildman–Crippen LogP) is 4.42. The number of hydrogen-bond donors (Lipinski definition) is 1. The summed E-state index contributed by atoms with van der Waals surface area (Å²) in [7, 11) is 0. The van der Waals surface area contributed by atoms with Crippen molar-refractivity contribution in [2.45, 2.75) is 12.5 Å². The van der Waals surface area contributed by atoms with Gasteiger partial charge in [-0.1, -0.05) is 12.1 Å². The van der Waals surface area contributed by atoms with Gasteiger partial charge in [-0.2, -0.15) is 0 Å². The third kappa shape index (κ3) is 2.71. The second-order valence-corrected chi connectivity index (χ2v) is 5.88. The molecule has 2 N–H and O–H groups in total. The zero-order chi connectivity index (χ0) is 14.1. The molecular weight excluding hydrogens is 276 g/mol. The maximum Gasteiger partial charge on any atom is 0.123 e. The first kappa shape index (κ1) is 13.2. The lowest BCUT2D eigenvalue weighted by Crippen LogP contribution is -2.11. The maximum atomic E-state index is 13.2. The minimum absolute atomic E-state index is 0.166. The summed E-state index contributed by atoms with van der Waals surface area (Å²) < 4.78 is 27.1. The topological polar surface area (TPSA) is 26.0 Å². The van der Waals surface area contributed by atoms with Gasteiger partial charge in [-0.05, 0) is 53.8 Å². The molecule has 1 nitrogen and oxygen atoms in total. The molecule has 0 saturated carbocycles. The SMILES string of the molecule is NC(Cc1ccc(F)cc1)c1cc2cc(F)ccc2s1. The van der Waals surface area contributed by atoms with Gasteiger partial charge in [0.15, 0.2) is 0 Å². The van der Waals surface area contributed by atoms with Crippen LogP contribution in [0.4, 0.5) is 8.78 Å². The van der Waals surface area contributed by atoms with E-state index in [2.05, 4.69) is 0 Å². The summed E-state index contributed by atoms with van der Waals surface area (Å²) in [5, 5.41) is 0.875. The fourth-order valence-corrected chi connectivity index (χ4v) is 3.24. The van der Waals surface area contributed by atoms with Gasteiger partial charge in [-0.3, -0.25) is 0 Å². The number of rotatable bonds is 3. The van der Waals surface area contributed by atoms with E-state index in [0.29, 0.717) is 6.42 Å². The molecule has 0 saturated heterocycles. The molecule has 0 aliphatic rings. The molecule has 1 unspecified atom stereocenters.